The van der Waals surface area contributed by atoms with Gasteiger partial charge in [-0.3, -0.25) is 4.90 Å². The summed E-state index contributed by atoms with van der Waals surface area (Å²) in [6.07, 6.45) is 3.42. The number of nitrogens with zero attached hydrogens (tertiary/aromatic N) is 1. The Bertz CT molecular complexity index is 203. The molecule has 6 heteroatoms. The van der Waals surface area contributed by atoms with Crippen LogP contribution in [0.15, 0.2) is 0 Å². The van der Waals surface area contributed by atoms with Gasteiger partial charge in [-0.1, -0.05) is 48.0 Å². The Morgan fingerprint density at radius 1 is 0.842 bits per heavy atom. The van der Waals surface area contributed by atoms with E-state index in [1.165, 1.54) is 24.2 Å². The van der Waals surface area contributed by atoms with Gasteiger partial charge in [0.2, 0.25) is 0 Å². The van der Waals surface area contributed by atoms with Gasteiger partial charge in [0.15, 0.2) is 0 Å². The molecule has 0 saturated heterocycles. The summed E-state index contributed by atoms with van der Waals surface area (Å²) in [6, 6.07) is 0. The van der Waals surface area contributed by atoms with Gasteiger partial charge in [0.1, 0.15) is 0 Å². The van der Waals surface area contributed by atoms with E-state index in [0.29, 0.717) is 6.54 Å². The first kappa shape index (κ1) is 19.2. The Balaban J connectivity index is 3.53. The van der Waals surface area contributed by atoms with Gasteiger partial charge in [-0.05, 0) is 19.4 Å². The number of rotatable bonds is 12. The van der Waals surface area contributed by atoms with Crippen molar-refractivity contribution in [2.45, 2.75) is 51.1 Å². The van der Waals surface area contributed by atoms with Crippen molar-refractivity contribution in [1.82, 2.24) is 4.90 Å². The number of alkyl halides is 4. The molecular weight excluding hydrogens is 323 g/mol. The first-order chi connectivity index (χ1) is 8.99. The van der Waals surface area contributed by atoms with E-state index in [2.05, 4.69) is 15.9 Å². The highest BCUT2D eigenvalue weighted by Gasteiger charge is 2.30. The minimum absolute atomic E-state index is 0.102. The zero-order chi connectivity index (χ0) is 14.6. The molecule has 0 saturated carbocycles. The molecule has 1 N–H and O–H groups in total. The minimum Gasteiger partial charge on any atom is -0.395 e. The van der Waals surface area contributed by atoms with Crippen molar-refractivity contribution in [1.29, 1.82) is 0 Å². The summed E-state index contributed by atoms with van der Waals surface area (Å²) < 4.78 is 36.8. The predicted molar refractivity (Wildman–Crippen MR) is 75.7 cm³/mol. The van der Waals surface area contributed by atoms with Crippen LogP contribution in [0, 0.1) is 0 Å². The van der Waals surface area contributed by atoms with Crippen LogP contribution in [0.25, 0.3) is 0 Å². The third-order valence-electron chi connectivity index (χ3n) is 2.93. The number of hydrogen-bond acceptors (Lipinski definition) is 2. The van der Waals surface area contributed by atoms with Crippen molar-refractivity contribution in [3.8, 4) is 0 Å². The fraction of sp³-hybridized carbons (Fsp3) is 1.00. The standard InChI is InChI=1S/C13H25BrF3NO/c14-8-6-4-2-1-3-5-7-9-18(10-11-19)12-13(15,16)17/h19H,1-12H2. The van der Waals surface area contributed by atoms with Gasteiger partial charge in [-0.15, -0.1) is 0 Å². The topological polar surface area (TPSA) is 23.5 Å². The maximum absolute atomic E-state index is 12.3. The second-order valence-corrected chi connectivity index (χ2v) is 5.57. The van der Waals surface area contributed by atoms with E-state index in [9.17, 15) is 13.2 Å². The molecule has 0 spiro atoms. The molecule has 0 fully saturated rings. The normalized spacial score (nSPS) is 12.3. The highest BCUT2D eigenvalue weighted by Crippen LogP contribution is 2.17. The zero-order valence-electron chi connectivity index (χ0n) is 11.4. The summed E-state index contributed by atoms with van der Waals surface area (Å²) in [5, 5.41) is 9.79. The fourth-order valence-electron chi connectivity index (χ4n) is 1.98. The van der Waals surface area contributed by atoms with E-state index in [-0.39, 0.29) is 13.2 Å². The lowest BCUT2D eigenvalue weighted by atomic mass is 10.1. The molecule has 0 aromatic rings. The number of halogens is 4. The Hall–Kier alpha value is 0.190. The van der Waals surface area contributed by atoms with Crippen molar-refractivity contribution < 1.29 is 18.3 Å². The SMILES string of the molecule is OCCN(CCCCCCCCCBr)CC(F)(F)F. The summed E-state index contributed by atoms with van der Waals surface area (Å²) in [6.45, 7) is -0.617. The smallest absolute Gasteiger partial charge is 0.395 e. The maximum Gasteiger partial charge on any atom is 0.401 e. The van der Waals surface area contributed by atoms with Crippen LogP contribution in [-0.4, -0.2) is 47.8 Å². The number of hydrogen-bond donors (Lipinski definition) is 1. The van der Waals surface area contributed by atoms with Crippen LogP contribution in [0.3, 0.4) is 0 Å². The summed E-state index contributed by atoms with van der Waals surface area (Å²) in [7, 11) is 0. The summed E-state index contributed by atoms with van der Waals surface area (Å²) in [4.78, 5) is 1.28. The third-order valence-corrected chi connectivity index (χ3v) is 3.49. The molecule has 0 bridgehead atoms. The molecule has 0 heterocycles. The van der Waals surface area contributed by atoms with E-state index in [0.717, 1.165) is 31.0 Å². The predicted octanol–water partition coefficient (Wildman–Crippen LogP) is 3.97. The van der Waals surface area contributed by atoms with Crippen molar-refractivity contribution >= 4 is 15.9 Å². The largest absolute Gasteiger partial charge is 0.401 e. The van der Waals surface area contributed by atoms with E-state index < -0.39 is 12.7 Å². The van der Waals surface area contributed by atoms with E-state index in [4.69, 9.17) is 5.11 Å². The van der Waals surface area contributed by atoms with Gasteiger partial charge < -0.3 is 5.11 Å². The Kier molecular flexibility index (Phi) is 12.1. The summed E-state index contributed by atoms with van der Waals surface area (Å²) >= 11 is 3.38. The van der Waals surface area contributed by atoms with Gasteiger partial charge in [-0.25, -0.2) is 0 Å². The summed E-state index contributed by atoms with van der Waals surface area (Å²) in [5.74, 6) is 0. The molecule has 116 valence electrons. The van der Waals surface area contributed by atoms with Gasteiger partial charge in [-0.2, -0.15) is 13.2 Å². The van der Waals surface area contributed by atoms with Crippen LogP contribution in [0.1, 0.15) is 44.9 Å². The number of aliphatic hydroxyl groups excluding tert-OH is 1. The van der Waals surface area contributed by atoms with Crippen LogP contribution < -0.4 is 0 Å². The highest BCUT2D eigenvalue weighted by molar-refractivity contribution is 9.09. The average Bonchev–Trinajstić information content (AvgIpc) is 2.31. The molecule has 0 rings (SSSR count). The molecule has 0 amide bonds. The Morgan fingerprint density at radius 2 is 1.37 bits per heavy atom. The fourth-order valence-corrected chi connectivity index (χ4v) is 2.38. The molecule has 0 aromatic carbocycles. The lowest BCUT2D eigenvalue weighted by Crippen LogP contribution is -2.36. The second-order valence-electron chi connectivity index (χ2n) is 4.78. The first-order valence-corrected chi connectivity index (χ1v) is 8.07. The molecule has 0 aliphatic heterocycles. The number of unbranched alkanes of at least 4 members (excludes halogenated alkanes) is 6. The van der Waals surface area contributed by atoms with Crippen LogP contribution in [0.2, 0.25) is 0 Å². The molecular formula is C13H25BrF3NO. The van der Waals surface area contributed by atoms with Gasteiger partial charge in [0.05, 0.1) is 13.2 Å². The minimum atomic E-state index is -4.18. The monoisotopic (exact) mass is 347 g/mol. The highest BCUT2D eigenvalue weighted by atomic mass is 79.9. The van der Waals surface area contributed by atoms with E-state index in [1.807, 2.05) is 0 Å². The van der Waals surface area contributed by atoms with Gasteiger partial charge in [0.25, 0.3) is 0 Å². The molecule has 19 heavy (non-hydrogen) atoms. The molecule has 0 radical (unpaired) electrons. The first-order valence-electron chi connectivity index (χ1n) is 6.95. The summed E-state index contributed by atoms with van der Waals surface area (Å²) in [5.41, 5.74) is 0. The van der Waals surface area contributed by atoms with Crippen LogP contribution in [0.4, 0.5) is 13.2 Å². The Morgan fingerprint density at radius 3 is 1.84 bits per heavy atom. The van der Waals surface area contributed by atoms with Crippen molar-refractivity contribution in [3.63, 3.8) is 0 Å². The van der Waals surface area contributed by atoms with Crippen LogP contribution in [-0.2, 0) is 0 Å². The van der Waals surface area contributed by atoms with Gasteiger partial charge >= 0.3 is 6.18 Å². The maximum atomic E-state index is 12.3. The van der Waals surface area contributed by atoms with E-state index >= 15 is 0 Å². The second kappa shape index (κ2) is 12.0. The lowest BCUT2D eigenvalue weighted by Gasteiger charge is -2.22. The quantitative estimate of drug-likeness (QED) is 0.426. The molecule has 0 aliphatic rings. The number of aliphatic hydroxyl groups is 1. The molecule has 2 nitrogen and oxygen atoms in total. The van der Waals surface area contributed by atoms with E-state index in [1.54, 1.807) is 0 Å². The Labute approximate surface area is 122 Å². The third kappa shape index (κ3) is 14.4. The van der Waals surface area contributed by atoms with Crippen LogP contribution >= 0.6 is 15.9 Å². The molecule has 0 aromatic heterocycles. The van der Waals surface area contributed by atoms with Crippen molar-refractivity contribution in [2.24, 2.45) is 0 Å². The molecule has 0 atom stereocenters. The molecule has 0 unspecified atom stereocenters. The van der Waals surface area contributed by atoms with Crippen molar-refractivity contribution in [2.75, 3.05) is 31.6 Å². The zero-order valence-corrected chi connectivity index (χ0v) is 13.0. The van der Waals surface area contributed by atoms with Crippen LogP contribution in [0.5, 0.6) is 0 Å². The average molecular weight is 348 g/mol. The van der Waals surface area contributed by atoms with Gasteiger partial charge in [0, 0.05) is 11.9 Å². The molecule has 0 aliphatic carbocycles. The van der Waals surface area contributed by atoms with Crippen molar-refractivity contribution in [3.05, 3.63) is 0 Å². The lowest BCUT2D eigenvalue weighted by molar-refractivity contribution is -0.146.